The lowest BCUT2D eigenvalue weighted by atomic mass is 10.1. The first kappa shape index (κ1) is 21.4. The second kappa shape index (κ2) is 8.70. The molecule has 1 aromatic heterocycles. The molecule has 0 saturated carbocycles. The Balaban J connectivity index is 1.54. The largest absolute Gasteiger partial charge is 0.488 e. The van der Waals surface area contributed by atoms with E-state index >= 15 is 0 Å². The number of piperidine rings is 1. The van der Waals surface area contributed by atoms with Gasteiger partial charge in [0.25, 0.3) is 0 Å². The maximum atomic E-state index is 13.0. The third-order valence-electron chi connectivity index (χ3n) is 5.52. The van der Waals surface area contributed by atoms with Crippen LogP contribution in [0.1, 0.15) is 32.3 Å². The summed E-state index contributed by atoms with van der Waals surface area (Å²) >= 11 is 0. The van der Waals surface area contributed by atoms with Gasteiger partial charge in [-0.3, -0.25) is 0 Å². The Kier molecular flexibility index (Phi) is 6.00. The standard InChI is InChI=1S/C23H25F3N4O/c1-15(2)30-11-9-19(10-12-30)31-20-8-3-5-16-14-27-22(29-21(16)20)28-18-7-4-6-17(13-18)23(24,25)26/h3-8,13-15,19H,9-12H2,1-2H3,(H,27,28,29). The van der Waals surface area contributed by atoms with E-state index in [0.29, 0.717) is 17.3 Å². The Morgan fingerprint density at radius 1 is 1.10 bits per heavy atom. The molecule has 4 rings (SSSR count). The molecule has 0 amide bonds. The molecule has 0 radical (unpaired) electrons. The number of para-hydroxylation sites is 1. The average Bonchev–Trinajstić information content (AvgIpc) is 2.74. The van der Waals surface area contributed by atoms with Crippen molar-refractivity contribution in [2.45, 2.75) is 45.0 Å². The minimum Gasteiger partial charge on any atom is -0.488 e. The lowest BCUT2D eigenvalue weighted by Gasteiger charge is -2.34. The van der Waals surface area contributed by atoms with Crippen LogP contribution in [0.5, 0.6) is 5.75 Å². The van der Waals surface area contributed by atoms with Crippen molar-refractivity contribution in [3.8, 4) is 5.75 Å². The number of anilines is 2. The molecule has 1 aliphatic rings. The number of hydrogen-bond acceptors (Lipinski definition) is 5. The Labute approximate surface area is 179 Å². The quantitative estimate of drug-likeness (QED) is 0.567. The van der Waals surface area contributed by atoms with Gasteiger partial charge in [0, 0.05) is 36.4 Å². The van der Waals surface area contributed by atoms with E-state index < -0.39 is 11.7 Å². The highest BCUT2D eigenvalue weighted by atomic mass is 19.4. The number of alkyl halides is 3. The normalized spacial score (nSPS) is 16.1. The predicted molar refractivity (Wildman–Crippen MR) is 115 cm³/mol. The van der Waals surface area contributed by atoms with Crippen LogP contribution in [0.2, 0.25) is 0 Å². The van der Waals surface area contributed by atoms with Gasteiger partial charge < -0.3 is 15.0 Å². The predicted octanol–water partition coefficient (Wildman–Crippen LogP) is 5.64. The van der Waals surface area contributed by atoms with E-state index in [4.69, 9.17) is 4.74 Å². The van der Waals surface area contributed by atoms with Gasteiger partial charge in [-0.2, -0.15) is 13.2 Å². The first-order valence-electron chi connectivity index (χ1n) is 10.4. The number of likely N-dealkylation sites (tertiary alicyclic amines) is 1. The number of halogens is 3. The Hall–Kier alpha value is -2.87. The van der Waals surface area contributed by atoms with Crippen LogP contribution in [0.15, 0.2) is 48.7 Å². The summed E-state index contributed by atoms with van der Waals surface area (Å²) in [6.07, 6.45) is -0.777. The van der Waals surface area contributed by atoms with Crippen molar-refractivity contribution in [1.82, 2.24) is 14.9 Å². The maximum Gasteiger partial charge on any atom is 0.416 e. The molecular weight excluding hydrogens is 405 g/mol. The molecule has 1 aliphatic heterocycles. The number of benzene rings is 2. The third-order valence-corrected chi connectivity index (χ3v) is 5.52. The molecule has 0 aliphatic carbocycles. The second-order valence-electron chi connectivity index (χ2n) is 8.04. The van der Waals surface area contributed by atoms with E-state index in [1.807, 2.05) is 18.2 Å². The summed E-state index contributed by atoms with van der Waals surface area (Å²) in [6.45, 7) is 6.37. The molecule has 2 aromatic carbocycles. The van der Waals surface area contributed by atoms with Crippen molar-refractivity contribution in [2.75, 3.05) is 18.4 Å². The number of hydrogen-bond donors (Lipinski definition) is 1. The smallest absolute Gasteiger partial charge is 0.416 e. The molecule has 3 aromatic rings. The van der Waals surface area contributed by atoms with Crippen LogP contribution in [0.4, 0.5) is 24.8 Å². The van der Waals surface area contributed by atoms with Crippen LogP contribution in [-0.2, 0) is 6.18 Å². The molecule has 0 atom stereocenters. The minimum atomic E-state index is -4.41. The monoisotopic (exact) mass is 430 g/mol. The van der Waals surface area contributed by atoms with E-state index in [1.54, 1.807) is 12.3 Å². The average molecular weight is 430 g/mol. The van der Waals surface area contributed by atoms with E-state index in [0.717, 1.165) is 43.5 Å². The molecule has 5 nitrogen and oxygen atoms in total. The minimum absolute atomic E-state index is 0.107. The summed E-state index contributed by atoms with van der Waals surface area (Å²) in [5, 5.41) is 3.68. The third kappa shape index (κ3) is 5.07. The van der Waals surface area contributed by atoms with Gasteiger partial charge in [-0.1, -0.05) is 18.2 Å². The van der Waals surface area contributed by atoms with Crippen molar-refractivity contribution < 1.29 is 17.9 Å². The zero-order chi connectivity index (χ0) is 22.0. The molecule has 0 bridgehead atoms. The fourth-order valence-corrected chi connectivity index (χ4v) is 3.78. The molecule has 2 heterocycles. The molecular formula is C23H25F3N4O. The Morgan fingerprint density at radius 2 is 1.84 bits per heavy atom. The van der Waals surface area contributed by atoms with E-state index in [2.05, 4.69) is 34.0 Å². The summed E-state index contributed by atoms with van der Waals surface area (Å²) in [4.78, 5) is 11.2. The lowest BCUT2D eigenvalue weighted by molar-refractivity contribution is -0.137. The van der Waals surface area contributed by atoms with Crippen LogP contribution < -0.4 is 10.1 Å². The van der Waals surface area contributed by atoms with Crippen LogP contribution in [-0.4, -0.2) is 40.1 Å². The van der Waals surface area contributed by atoms with Crippen molar-refractivity contribution in [2.24, 2.45) is 0 Å². The number of aromatic nitrogens is 2. The number of fused-ring (bicyclic) bond motifs is 1. The number of ether oxygens (including phenoxy) is 1. The fraction of sp³-hybridized carbons (Fsp3) is 0.391. The second-order valence-corrected chi connectivity index (χ2v) is 8.04. The van der Waals surface area contributed by atoms with Crippen LogP contribution in [0, 0.1) is 0 Å². The SMILES string of the molecule is CC(C)N1CCC(Oc2cccc3cnc(Nc4cccc(C(F)(F)F)c4)nc23)CC1. The molecule has 1 N–H and O–H groups in total. The summed E-state index contributed by atoms with van der Waals surface area (Å²) in [5.41, 5.74) is 0.182. The van der Waals surface area contributed by atoms with Crippen LogP contribution >= 0.6 is 0 Å². The molecule has 0 unspecified atom stereocenters. The fourth-order valence-electron chi connectivity index (χ4n) is 3.78. The Morgan fingerprint density at radius 3 is 2.55 bits per heavy atom. The first-order valence-corrected chi connectivity index (χ1v) is 10.4. The van der Waals surface area contributed by atoms with E-state index in [-0.39, 0.29) is 17.7 Å². The van der Waals surface area contributed by atoms with Gasteiger partial charge in [-0.05, 0) is 51.0 Å². The van der Waals surface area contributed by atoms with Crippen molar-refractivity contribution >= 4 is 22.5 Å². The highest BCUT2D eigenvalue weighted by molar-refractivity contribution is 5.85. The van der Waals surface area contributed by atoms with Gasteiger partial charge in [-0.25, -0.2) is 9.97 Å². The molecule has 1 fully saturated rings. The lowest BCUT2D eigenvalue weighted by Crippen LogP contribution is -2.41. The zero-order valence-corrected chi connectivity index (χ0v) is 17.5. The molecule has 8 heteroatoms. The number of nitrogens with one attached hydrogen (secondary N) is 1. The molecule has 164 valence electrons. The zero-order valence-electron chi connectivity index (χ0n) is 17.5. The van der Waals surface area contributed by atoms with Crippen LogP contribution in [0.25, 0.3) is 10.9 Å². The van der Waals surface area contributed by atoms with Gasteiger partial charge in [0.15, 0.2) is 0 Å². The molecule has 31 heavy (non-hydrogen) atoms. The summed E-state index contributed by atoms with van der Waals surface area (Å²) in [7, 11) is 0. The summed E-state index contributed by atoms with van der Waals surface area (Å²) < 4.78 is 45.2. The van der Waals surface area contributed by atoms with E-state index in [9.17, 15) is 13.2 Å². The topological polar surface area (TPSA) is 50.3 Å². The van der Waals surface area contributed by atoms with Crippen molar-refractivity contribution in [3.05, 3.63) is 54.2 Å². The van der Waals surface area contributed by atoms with Gasteiger partial charge in [0.2, 0.25) is 5.95 Å². The molecule has 1 saturated heterocycles. The summed E-state index contributed by atoms with van der Waals surface area (Å²) in [5.74, 6) is 0.882. The maximum absolute atomic E-state index is 13.0. The van der Waals surface area contributed by atoms with E-state index in [1.165, 1.54) is 6.07 Å². The highest BCUT2D eigenvalue weighted by Gasteiger charge is 2.30. The van der Waals surface area contributed by atoms with Gasteiger partial charge >= 0.3 is 6.18 Å². The molecule has 0 spiro atoms. The number of rotatable bonds is 5. The first-order chi connectivity index (χ1) is 14.8. The van der Waals surface area contributed by atoms with Crippen molar-refractivity contribution in [1.29, 1.82) is 0 Å². The number of nitrogens with zero attached hydrogens (tertiary/aromatic N) is 3. The van der Waals surface area contributed by atoms with Gasteiger partial charge in [0.1, 0.15) is 17.4 Å². The Bertz CT molecular complexity index is 1050. The van der Waals surface area contributed by atoms with Gasteiger partial charge in [-0.15, -0.1) is 0 Å². The van der Waals surface area contributed by atoms with Crippen LogP contribution in [0.3, 0.4) is 0 Å². The van der Waals surface area contributed by atoms with Crippen molar-refractivity contribution in [3.63, 3.8) is 0 Å². The van der Waals surface area contributed by atoms with Gasteiger partial charge in [0.05, 0.1) is 5.56 Å². The summed E-state index contributed by atoms with van der Waals surface area (Å²) in [6, 6.07) is 11.1. The highest BCUT2D eigenvalue weighted by Crippen LogP contribution is 2.32.